The van der Waals surface area contributed by atoms with Crippen LogP contribution in [0, 0.1) is 0 Å². The predicted octanol–water partition coefficient (Wildman–Crippen LogP) is 4.98. The molecule has 1 fully saturated rings. The number of ether oxygens (including phenoxy) is 1. The van der Waals surface area contributed by atoms with E-state index in [2.05, 4.69) is 46.3 Å². The molecule has 0 radical (unpaired) electrons. The van der Waals surface area contributed by atoms with Crippen molar-refractivity contribution >= 4 is 27.6 Å². The topological polar surface area (TPSA) is 80.7 Å². The maximum Gasteiger partial charge on any atom is 0.320 e. The highest BCUT2D eigenvalue weighted by atomic mass is 32.2. The number of benzene rings is 1. The molecule has 170 valence electrons. The van der Waals surface area contributed by atoms with E-state index in [1.54, 1.807) is 11.8 Å². The second-order valence-corrected chi connectivity index (χ2v) is 13.8. The summed E-state index contributed by atoms with van der Waals surface area (Å²) in [5.74, 6) is -0.960. The molecule has 1 aliphatic carbocycles. The van der Waals surface area contributed by atoms with Gasteiger partial charge in [0.1, 0.15) is 11.5 Å². The summed E-state index contributed by atoms with van der Waals surface area (Å²) < 4.78 is 30.4. The van der Waals surface area contributed by atoms with E-state index in [-0.39, 0.29) is 16.1 Å². The van der Waals surface area contributed by atoms with E-state index < -0.39 is 26.8 Å². The van der Waals surface area contributed by atoms with Gasteiger partial charge in [0.2, 0.25) is 0 Å². The summed E-state index contributed by atoms with van der Waals surface area (Å²) in [6, 6.07) is 3.99. The first-order valence-corrected chi connectivity index (χ1v) is 13.1. The van der Waals surface area contributed by atoms with Gasteiger partial charge in [-0.25, -0.2) is 8.42 Å². The number of thioether (sulfide) groups is 1. The quantitative estimate of drug-likeness (QED) is 0.630. The Morgan fingerprint density at radius 1 is 1.07 bits per heavy atom. The Morgan fingerprint density at radius 2 is 1.57 bits per heavy atom. The van der Waals surface area contributed by atoms with Crippen LogP contribution in [-0.2, 0) is 30.2 Å². The van der Waals surface area contributed by atoms with Gasteiger partial charge >= 0.3 is 5.97 Å². The largest absolute Gasteiger partial charge is 0.507 e. The molecule has 1 aliphatic rings. The zero-order valence-corrected chi connectivity index (χ0v) is 20.9. The van der Waals surface area contributed by atoms with Gasteiger partial charge in [-0.05, 0) is 35.8 Å². The predicted molar refractivity (Wildman–Crippen MR) is 123 cm³/mol. The van der Waals surface area contributed by atoms with Gasteiger partial charge in [-0.3, -0.25) is 4.79 Å². The Kier molecular flexibility index (Phi) is 7.61. The van der Waals surface area contributed by atoms with E-state index in [0.29, 0.717) is 12.2 Å². The van der Waals surface area contributed by atoms with Crippen LogP contribution in [0.2, 0.25) is 0 Å². The van der Waals surface area contributed by atoms with Crippen molar-refractivity contribution in [2.45, 2.75) is 93.5 Å². The minimum atomic E-state index is -3.59. The Morgan fingerprint density at radius 3 is 2.03 bits per heavy atom. The van der Waals surface area contributed by atoms with Gasteiger partial charge in [0, 0.05) is 21.3 Å². The molecule has 2 rings (SSSR count). The second kappa shape index (κ2) is 9.11. The van der Waals surface area contributed by atoms with Crippen molar-refractivity contribution in [3.8, 4) is 5.75 Å². The second-order valence-electron chi connectivity index (χ2n) is 10.2. The SMILES string of the molecule is COC(=O)CS(=O)(=O)C1CCCCC1Sc1cc(C(C)(C)C)c(O)c(C(C)(C)C)c1. The van der Waals surface area contributed by atoms with Gasteiger partial charge in [0.15, 0.2) is 9.84 Å². The first-order chi connectivity index (χ1) is 13.7. The number of carbonyl (C=O) groups excluding carboxylic acids is 1. The van der Waals surface area contributed by atoms with E-state index in [9.17, 15) is 18.3 Å². The molecule has 0 amide bonds. The first-order valence-electron chi connectivity index (χ1n) is 10.5. The molecule has 5 nitrogen and oxygen atoms in total. The summed E-state index contributed by atoms with van der Waals surface area (Å²) in [7, 11) is -2.38. The van der Waals surface area contributed by atoms with Crippen molar-refractivity contribution in [3.63, 3.8) is 0 Å². The van der Waals surface area contributed by atoms with Gasteiger partial charge < -0.3 is 9.84 Å². The normalized spacial score (nSPS) is 20.8. The standard InChI is InChI=1S/C23H36O5S2/c1-22(2,3)16-12-15(13-17(21(16)25)23(4,5)6)29-18-10-8-9-11-19(18)30(26,27)14-20(24)28-7/h12-13,18-19,25H,8-11,14H2,1-7H3. The van der Waals surface area contributed by atoms with Crippen LogP contribution in [0.15, 0.2) is 17.0 Å². The van der Waals surface area contributed by atoms with E-state index in [1.807, 2.05) is 12.1 Å². The lowest BCUT2D eigenvalue weighted by Gasteiger charge is -2.32. The van der Waals surface area contributed by atoms with Crippen molar-refractivity contribution in [2.75, 3.05) is 12.9 Å². The summed E-state index contributed by atoms with van der Waals surface area (Å²) in [5, 5.41) is 10.2. The van der Waals surface area contributed by atoms with Crippen LogP contribution in [0.5, 0.6) is 5.75 Å². The number of sulfone groups is 1. The number of phenols is 1. The van der Waals surface area contributed by atoms with Crippen molar-refractivity contribution < 1.29 is 23.1 Å². The number of phenolic OH excluding ortho intramolecular Hbond substituents is 1. The first kappa shape index (κ1) is 25.1. The highest BCUT2D eigenvalue weighted by molar-refractivity contribution is 8.01. The molecular formula is C23H36O5S2. The fraction of sp³-hybridized carbons (Fsp3) is 0.696. The maximum atomic E-state index is 12.9. The average Bonchev–Trinajstić information content (AvgIpc) is 2.61. The van der Waals surface area contributed by atoms with Gasteiger partial charge in [-0.1, -0.05) is 54.4 Å². The van der Waals surface area contributed by atoms with Gasteiger partial charge in [0.05, 0.1) is 12.4 Å². The molecule has 1 N–H and O–H groups in total. The van der Waals surface area contributed by atoms with Crippen molar-refractivity contribution in [2.24, 2.45) is 0 Å². The Hall–Kier alpha value is -1.21. The molecule has 2 atom stereocenters. The van der Waals surface area contributed by atoms with Crippen molar-refractivity contribution in [3.05, 3.63) is 23.3 Å². The molecule has 1 aromatic rings. The van der Waals surface area contributed by atoms with Crippen LogP contribution in [0.25, 0.3) is 0 Å². The van der Waals surface area contributed by atoms with Crippen LogP contribution >= 0.6 is 11.8 Å². The minimum absolute atomic E-state index is 0.126. The third kappa shape index (κ3) is 5.94. The Labute approximate surface area is 185 Å². The Balaban J connectivity index is 2.45. The summed E-state index contributed by atoms with van der Waals surface area (Å²) >= 11 is 1.56. The molecule has 1 saturated carbocycles. The zero-order valence-electron chi connectivity index (χ0n) is 19.2. The molecule has 0 aromatic heterocycles. The van der Waals surface area contributed by atoms with E-state index >= 15 is 0 Å². The lowest BCUT2D eigenvalue weighted by molar-refractivity contribution is -0.137. The Bertz CT molecular complexity index is 841. The highest BCUT2D eigenvalue weighted by Gasteiger charge is 2.38. The molecule has 7 heteroatoms. The van der Waals surface area contributed by atoms with Crippen LogP contribution < -0.4 is 0 Å². The molecule has 0 heterocycles. The molecular weight excluding hydrogens is 420 g/mol. The van der Waals surface area contributed by atoms with E-state index in [1.165, 1.54) is 7.11 Å². The van der Waals surface area contributed by atoms with Gasteiger partial charge in [0.25, 0.3) is 0 Å². The highest BCUT2D eigenvalue weighted by Crippen LogP contribution is 2.44. The molecule has 2 unspecified atom stereocenters. The molecule has 0 saturated heterocycles. The smallest absolute Gasteiger partial charge is 0.320 e. The minimum Gasteiger partial charge on any atom is -0.507 e. The molecule has 1 aromatic carbocycles. The summed E-state index contributed by atoms with van der Waals surface area (Å²) in [6.45, 7) is 12.4. The summed E-state index contributed by atoms with van der Waals surface area (Å²) in [4.78, 5) is 12.6. The molecule has 0 bridgehead atoms. The van der Waals surface area contributed by atoms with Crippen LogP contribution in [-0.4, -0.2) is 42.9 Å². The lowest BCUT2D eigenvalue weighted by Crippen LogP contribution is -2.38. The molecule has 30 heavy (non-hydrogen) atoms. The number of rotatable bonds is 5. The third-order valence-electron chi connectivity index (χ3n) is 5.64. The monoisotopic (exact) mass is 456 g/mol. The number of carbonyl (C=O) groups is 1. The fourth-order valence-corrected chi connectivity index (χ4v) is 7.69. The average molecular weight is 457 g/mol. The maximum absolute atomic E-state index is 12.9. The zero-order chi connectivity index (χ0) is 22.9. The number of methoxy groups -OCH3 is 1. The van der Waals surface area contributed by atoms with Gasteiger partial charge in [-0.2, -0.15) is 0 Å². The number of esters is 1. The fourth-order valence-electron chi connectivity index (χ4n) is 3.93. The van der Waals surface area contributed by atoms with Crippen LogP contribution in [0.3, 0.4) is 0 Å². The van der Waals surface area contributed by atoms with Crippen LogP contribution in [0.4, 0.5) is 0 Å². The lowest BCUT2D eigenvalue weighted by atomic mass is 9.79. The van der Waals surface area contributed by atoms with E-state index in [4.69, 9.17) is 0 Å². The number of hydrogen-bond acceptors (Lipinski definition) is 6. The van der Waals surface area contributed by atoms with Crippen molar-refractivity contribution in [1.29, 1.82) is 0 Å². The van der Waals surface area contributed by atoms with Crippen LogP contribution in [0.1, 0.15) is 78.4 Å². The van der Waals surface area contributed by atoms with E-state index in [0.717, 1.165) is 35.3 Å². The summed E-state index contributed by atoms with van der Waals surface area (Å²) in [6.07, 6.45) is 3.16. The molecule has 0 aliphatic heterocycles. The number of hydrogen-bond donors (Lipinski definition) is 1. The van der Waals surface area contributed by atoms with Crippen molar-refractivity contribution in [1.82, 2.24) is 0 Å². The summed E-state index contributed by atoms with van der Waals surface area (Å²) in [5.41, 5.74) is 1.23. The van der Waals surface area contributed by atoms with Gasteiger partial charge in [-0.15, -0.1) is 11.8 Å². The third-order valence-corrected chi connectivity index (χ3v) is 9.31. The molecule has 0 spiro atoms. The number of aromatic hydroxyl groups is 1.